The molecule has 1 aromatic carbocycles. The van der Waals surface area contributed by atoms with E-state index in [-0.39, 0.29) is 6.04 Å². The van der Waals surface area contributed by atoms with Crippen LogP contribution in [0.1, 0.15) is 51.6 Å². The maximum absolute atomic E-state index is 6.17. The number of unbranched alkanes of at least 4 members (excludes halogenated alkanes) is 1. The highest BCUT2D eigenvalue weighted by Crippen LogP contribution is 2.31. The van der Waals surface area contributed by atoms with Gasteiger partial charge in [0.25, 0.3) is 0 Å². The minimum absolute atomic E-state index is 0.0832. The van der Waals surface area contributed by atoms with Gasteiger partial charge in [-0.05, 0) is 38.0 Å². The molecule has 0 fully saturated rings. The van der Waals surface area contributed by atoms with E-state index in [2.05, 4.69) is 6.92 Å². The molecular weight excluding hydrogens is 226 g/mol. The number of nitrogens with two attached hydrogens (primary N) is 1. The van der Waals surface area contributed by atoms with Gasteiger partial charge in [0.05, 0.1) is 13.2 Å². The first-order chi connectivity index (χ1) is 8.72. The number of ether oxygens (including phenoxy) is 2. The van der Waals surface area contributed by atoms with Crippen LogP contribution in [0, 0.1) is 0 Å². The second-order valence-electron chi connectivity index (χ2n) is 4.32. The van der Waals surface area contributed by atoms with Gasteiger partial charge >= 0.3 is 0 Å². The number of hydrogen-bond acceptors (Lipinski definition) is 3. The molecule has 0 saturated carbocycles. The molecule has 0 aromatic heterocycles. The van der Waals surface area contributed by atoms with Gasteiger partial charge in [-0.3, -0.25) is 0 Å². The topological polar surface area (TPSA) is 44.5 Å². The largest absolute Gasteiger partial charge is 0.490 e. The van der Waals surface area contributed by atoms with Crippen LogP contribution in [0.5, 0.6) is 11.5 Å². The monoisotopic (exact) mass is 251 g/mol. The third-order valence-corrected chi connectivity index (χ3v) is 2.86. The van der Waals surface area contributed by atoms with E-state index in [0.29, 0.717) is 13.2 Å². The van der Waals surface area contributed by atoms with E-state index < -0.39 is 0 Å². The Morgan fingerprint density at radius 2 is 1.72 bits per heavy atom. The molecule has 0 radical (unpaired) electrons. The average Bonchev–Trinajstić information content (AvgIpc) is 2.38. The van der Waals surface area contributed by atoms with E-state index in [1.807, 2.05) is 32.0 Å². The molecule has 2 N–H and O–H groups in total. The Balaban J connectivity index is 2.84. The van der Waals surface area contributed by atoms with Crippen LogP contribution in [-0.4, -0.2) is 13.2 Å². The van der Waals surface area contributed by atoms with Crippen molar-refractivity contribution in [3.8, 4) is 11.5 Å². The van der Waals surface area contributed by atoms with Gasteiger partial charge in [0.1, 0.15) is 0 Å². The number of rotatable bonds is 8. The smallest absolute Gasteiger partial charge is 0.161 e. The Labute approximate surface area is 110 Å². The van der Waals surface area contributed by atoms with Gasteiger partial charge in [0.15, 0.2) is 11.5 Å². The van der Waals surface area contributed by atoms with Crippen molar-refractivity contribution in [1.82, 2.24) is 0 Å². The van der Waals surface area contributed by atoms with E-state index >= 15 is 0 Å². The highest BCUT2D eigenvalue weighted by Gasteiger charge is 2.10. The van der Waals surface area contributed by atoms with Crippen LogP contribution >= 0.6 is 0 Å². The minimum atomic E-state index is 0.0832. The third kappa shape index (κ3) is 4.22. The van der Waals surface area contributed by atoms with E-state index in [4.69, 9.17) is 15.2 Å². The molecule has 0 heterocycles. The van der Waals surface area contributed by atoms with E-state index in [0.717, 1.165) is 29.9 Å². The molecule has 1 unspecified atom stereocenters. The normalized spacial score (nSPS) is 12.2. The van der Waals surface area contributed by atoms with Crippen LogP contribution in [0.4, 0.5) is 0 Å². The van der Waals surface area contributed by atoms with E-state index in [9.17, 15) is 0 Å². The average molecular weight is 251 g/mol. The van der Waals surface area contributed by atoms with Crippen LogP contribution in [0.15, 0.2) is 18.2 Å². The summed E-state index contributed by atoms with van der Waals surface area (Å²) in [5, 5.41) is 0. The highest BCUT2D eigenvalue weighted by molar-refractivity contribution is 5.43. The van der Waals surface area contributed by atoms with Crippen LogP contribution < -0.4 is 15.2 Å². The first-order valence-electron chi connectivity index (χ1n) is 6.88. The summed E-state index contributed by atoms with van der Waals surface area (Å²) in [4.78, 5) is 0. The first kappa shape index (κ1) is 14.8. The van der Waals surface area contributed by atoms with Crippen molar-refractivity contribution >= 4 is 0 Å². The summed E-state index contributed by atoms with van der Waals surface area (Å²) in [7, 11) is 0. The molecule has 1 aromatic rings. The molecular formula is C15H25NO2. The lowest BCUT2D eigenvalue weighted by Crippen LogP contribution is -2.10. The van der Waals surface area contributed by atoms with E-state index in [1.54, 1.807) is 0 Å². The maximum Gasteiger partial charge on any atom is 0.161 e. The lowest BCUT2D eigenvalue weighted by molar-refractivity contribution is 0.287. The van der Waals surface area contributed by atoms with Gasteiger partial charge in [0, 0.05) is 6.04 Å². The minimum Gasteiger partial charge on any atom is -0.490 e. The van der Waals surface area contributed by atoms with Crippen molar-refractivity contribution in [2.45, 2.75) is 46.1 Å². The van der Waals surface area contributed by atoms with Gasteiger partial charge in [0.2, 0.25) is 0 Å². The van der Waals surface area contributed by atoms with Crippen molar-refractivity contribution in [1.29, 1.82) is 0 Å². The molecule has 0 spiro atoms. The molecule has 102 valence electrons. The van der Waals surface area contributed by atoms with Gasteiger partial charge < -0.3 is 15.2 Å². The molecule has 0 saturated heterocycles. The van der Waals surface area contributed by atoms with Crippen LogP contribution in [0.3, 0.4) is 0 Å². The summed E-state index contributed by atoms with van der Waals surface area (Å²) >= 11 is 0. The second kappa shape index (κ2) is 7.98. The zero-order valence-electron chi connectivity index (χ0n) is 11.7. The quantitative estimate of drug-likeness (QED) is 0.766. The molecule has 0 aliphatic rings. The van der Waals surface area contributed by atoms with Crippen LogP contribution in [-0.2, 0) is 0 Å². The lowest BCUT2D eigenvalue weighted by Gasteiger charge is -2.16. The molecule has 1 atom stereocenters. The van der Waals surface area contributed by atoms with Gasteiger partial charge in [-0.2, -0.15) is 0 Å². The SMILES string of the molecule is CCCCC(N)c1ccc(OCC)c(OCC)c1. The molecule has 0 aliphatic heterocycles. The fraction of sp³-hybridized carbons (Fsp3) is 0.600. The second-order valence-corrected chi connectivity index (χ2v) is 4.32. The molecule has 3 nitrogen and oxygen atoms in total. The zero-order chi connectivity index (χ0) is 13.4. The van der Waals surface area contributed by atoms with Crippen LogP contribution in [0.2, 0.25) is 0 Å². The lowest BCUT2D eigenvalue weighted by atomic mass is 10.0. The predicted octanol–water partition coefficient (Wildman–Crippen LogP) is 3.67. The summed E-state index contributed by atoms with van der Waals surface area (Å²) in [6, 6.07) is 6.08. The van der Waals surface area contributed by atoms with Gasteiger partial charge in [-0.25, -0.2) is 0 Å². The molecule has 0 aliphatic carbocycles. The Morgan fingerprint density at radius 3 is 2.33 bits per heavy atom. The van der Waals surface area contributed by atoms with Crippen molar-refractivity contribution in [3.63, 3.8) is 0 Å². The fourth-order valence-electron chi connectivity index (χ4n) is 1.89. The third-order valence-electron chi connectivity index (χ3n) is 2.86. The number of benzene rings is 1. The van der Waals surface area contributed by atoms with Crippen LogP contribution in [0.25, 0.3) is 0 Å². The summed E-state index contributed by atoms with van der Waals surface area (Å²) in [6.45, 7) is 7.39. The van der Waals surface area contributed by atoms with Crippen molar-refractivity contribution < 1.29 is 9.47 Å². The first-order valence-corrected chi connectivity index (χ1v) is 6.88. The molecule has 0 bridgehead atoms. The number of hydrogen-bond donors (Lipinski definition) is 1. The van der Waals surface area contributed by atoms with Crippen molar-refractivity contribution in [3.05, 3.63) is 23.8 Å². The molecule has 1 rings (SSSR count). The Morgan fingerprint density at radius 1 is 1.06 bits per heavy atom. The van der Waals surface area contributed by atoms with Crippen molar-refractivity contribution in [2.24, 2.45) is 5.73 Å². The summed E-state index contributed by atoms with van der Waals surface area (Å²) < 4.78 is 11.1. The zero-order valence-corrected chi connectivity index (χ0v) is 11.7. The summed E-state index contributed by atoms with van der Waals surface area (Å²) in [6.07, 6.45) is 3.33. The fourth-order valence-corrected chi connectivity index (χ4v) is 1.89. The van der Waals surface area contributed by atoms with Gasteiger partial charge in [-0.1, -0.05) is 25.8 Å². The highest BCUT2D eigenvalue weighted by atomic mass is 16.5. The standard InChI is InChI=1S/C15H25NO2/c1-4-7-8-13(16)12-9-10-14(17-5-2)15(11-12)18-6-3/h9-11,13H,4-8,16H2,1-3H3. The summed E-state index contributed by atoms with van der Waals surface area (Å²) in [5.41, 5.74) is 7.29. The molecule has 0 amide bonds. The molecule has 18 heavy (non-hydrogen) atoms. The predicted molar refractivity (Wildman–Crippen MR) is 75.2 cm³/mol. The summed E-state index contributed by atoms with van der Waals surface area (Å²) in [5.74, 6) is 1.59. The molecule has 3 heteroatoms. The Bertz CT molecular complexity index is 352. The van der Waals surface area contributed by atoms with Gasteiger partial charge in [-0.15, -0.1) is 0 Å². The Hall–Kier alpha value is -1.22. The maximum atomic E-state index is 6.17. The van der Waals surface area contributed by atoms with Crippen molar-refractivity contribution in [2.75, 3.05) is 13.2 Å². The van der Waals surface area contributed by atoms with E-state index in [1.165, 1.54) is 6.42 Å². The Kier molecular flexibility index (Phi) is 6.58.